The smallest absolute Gasteiger partial charge is 0.329 e. The van der Waals surface area contributed by atoms with E-state index in [2.05, 4.69) is 16.0 Å². The van der Waals surface area contributed by atoms with Crippen LogP contribution in [0.15, 0.2) is 42.5 Å². The van der Waals surface area contributed by atoms with Crippen LogP contribution in [-0.4, -0.2) is 130 Å². The zero-order chi connectivity index (χ0) is 43.3. The summed E-state index contributed by atoms with van der Waals surface area (Å²) >= 11 is 0. The van der Waals surface area contributed by atoms with Crippen LogP contribution in [-0.2, 0) is 57.6 Å². The van der Waals surface area contributed by atoms with Crippen molar-refractivity contribution in [3.63, 3.8) is 0 Å². The van der Waals surface area contributed by atoms with Gasteiger partial charge >= 0.3 is 5.97 Å². The minimum Gasteiger partial charge on any atom is -0.458 e. The van der Waals surface area contributed by atoms with Crippen molar-refractivity contribution < 1.29 is 52.2 Å². The van der Waals surface area contributed by atoms with Crippen molar-refractivity contribution in [3.8, 4) is 0 Å². The van der Waals surface area contributed by atoms with Gasteiger partial charge in [0.2, 0.25) is 35.4 Å². The first-order chi connectivity index (χ1) is 27.9. The van der Waals surface area contributed by atoms with Crippen LogP contribution in [0, 0.1) is 17.6 Å². The van der Waals surface area contributed by atoms with E-state index in [1.807, 2.05) is 26.0 Å². The summed E-state index contributed by atoms with van der Waals surface area (Å²) in [6.45, 7) is 8.11. The lowest BCUT2D eigenvalue weighted by molar-refractivity contribution is -0.163. The van der Waals surface area contributed by atoms with Crippen molar-refractivity contribution in [1.82, 2.24) is 30.7 Å². The Morgan fingerprint density at radius 3 is 2.19 bits per heavy atom. The lowest BCUT2D eigenvalue weighted by Crippen LogP contribution is -2.63. The summed E-state index contributed by atoms with van der Waals surface area (Å²) in [5, 5.41) is 18.5. The summed E-state index contributed by atoms with van der Waals surface area (Å²) in [5.74, 6) is -7.38. The second-order valence-electron chi connectivity index (χ2n) is 16.0. The largest absolute Gasteiger partial charge is 0.458 e. The molecule has 59 heavy (non-hydrogen) atoms. The summed E-state index contributed by atoms with van der Waals surface area (Å²) < 4.78 is 34.5. The highest BCUT2D eigenvalue weighted by molar-refractivity contribution is 5.98. The number of rotatable bonds is 9. The highest BCUT2D eigenvalue weighted by Crippen LogP contribution is 2.27. The number of carbonyl (C=O) groups is 7. The Hall–Kier alpha value is -5.45. The van der Waals surface area contributed by atoms with Gasteiger partial charge in [0.05, 0.1) is 12.5 Å². The number of hydrogen-bond donors (Lipinski definition) is 4. The number of fused-ring (bicyclic) bond motifs is 2. The molecule has 3 fully saturated rings. The minimum absolute atomic E-state index is 0.0262. The summed E-state index contributed by atoms with van der Waals surface area (Å²) in [7, 11) is 1.30. The van der Waals surface area contributed by atoms with Crippen LogP contribution in [0.3, 0.4) is 0 Å². The molecule has 6 amide bonds. The second-order valence-corrected chi connectivity index (χ2v) is 16.0. The average molecular weight is 825 g/mol. The van der Waals surface area contributed by atoms with Gasteiger partial charge in [-0.2, -0.15) is 0 Å². The van der Waals surface area contributed by atoms with Gasteiger partial charge in [0.15, 0.2) is 0 Å². The molecule has 320 valence electrons. The monoisotopic (exact) mass is 824 g/mol. The fraction of sp³-hybridized carbons (Fsp3) is 0.548. The summed E-state index contributed by atoms with van der Waals surface area (Å²) in [4.78, 5) is 101. The number of likely N-dealkylation sites (N-methyl/N-ethyl adjacent to an activating group) is 1. The fourth-order valence-corrected chi connectivity index (χ4v) is 8.14. The van der Waals surface area contributed by atoms with Crippen LogP contribution in [0.25, 0.3) is 0 Å². The van der Waals surface area contributed by atoms with Crippen molar-refractivity contribution in [2.75, 3.05) is 20.1 Å². The van der Waals surface area contributed by atoms with E-state index in [0.717, 1.165) is 29.0 Å². The maximum Gasteiger partial charge on any atom is 0.329 e. The molecule has 0 saturated carbocycles. The number of nitrogens with zero attached hydrogens (tertiary/aromatic N) is 3. The molecule has 15 nitrogen and oxygen atoms in total. The molecule has 0 bridgehead atoms. The normalized spacial score (nSPS) is 26.8. The number of nitrogens with one attached hydrogen (secondary N) is 3. The van der Waals surface area contributed by atoms with Crippen LogP contribution in [0.5, 0.6) is 0 Å². The molecular weight excluding hydrogens is 770 g/mol. The van der Waals surface area contributed by atoms with Crippen LogP contribution >= 0.6 is 0 Å². The predicted molar refractivity (Wildman–Crippen MR) is 209 cm³/mol. The Kier molecular flexibility index (Phi) is 14.4. The number of halogens is 2. The predicted octanol–water partition coefficient (Wildman–Crippen LogP) is 1.17. The first-order valence-electron chi connectivity index (χ1n) is 20.1. The van der Waals surface area contributed by atoms with Gasteiger partial charge < -0.3 is 40.5 Å². The third-order valence-electron chi connectivity index (χ3n) is 11.3. The van der Waals surface area contributed by atoms with Gasteiger partial charge in [-0.1, -0.05) is 38.1 Å². The van der Waals surface area contributed by atoms with E-state index in [1.165, 1.54) is 37.6 Å². The van der Waals surface area contributed by atoms with Crippen LogP contribution in [0.4, 0.5) is 8.78 Å². The van der Waals surface area contributed by atoms with E-state index in [9.17, 15) is 47.4 Å². The number of cyclic esters (lactones) is 1. The molecule has 0 aromatic heterocycles. The Bertz CT molecular complexity index is 1910. The van der Waals surface area contributed by atoms with Gasteiger partial charge in [-0.3, -0.25) is 28.8 Å². The second kappa shape index (κ2) is 19.1. The van der Waals surface area contributed by atoms with E-state index in [1.54, 1.807) is 12.1 Å². The molecule has 3 aliphatic heterocycles. The maximum absolute atomic E-state index is 14.6. The zero-order valence-electron chi connectivity index (χ0n) is 34.2. The summed E-state index contributed by atoms with van der Waals surface area (Å²) in [5.41, 5.74) is 1.71. The Morgan fingerprint density at radius 2 is 1.56 bits per heavy atom. The molecule has 3 heterocycles. The number of aryl methyl sites for hydroxylation is 1. The van der Waals surface area contributed by atoms with Crippen LogP contribution in [0.2, 0.25) is 0 Å². The molecule has 0 aliphatic carbocycles. The Balaban J connectivity index is 1.51. The number of amides is 6. The molecule has 17 heteroatoms. The SMILES string of the molecule is CCc1ccc(CC(=O)N[C@@H](Cc2cc(F)cc(F)c2)C(=O)N[C@@H]2C(=O)N3CCC[C@H]3C(=O)N(C)[C@@H]([C@H](C)O)C(=O)N[C@@H](C)C(=O)N3C[C@H](C)C[C@H]3C(=O)O[C@H]2C)cc1. The van der Waals surface area contributed by atoms with Gasteiger partial charge in [-0.05, 0) is 81.2 Å². The topological polar surface area (TPSA) is 195 Å². The van der Waals surface area contributed by atoms with Crippen LogP contribution in [0.1, 0.15) is 70.6 Å². The first kappa shape index (κ1) is 44.6. The van der Waals surface area contributed by atoms with Crippen molar-refractivity contribution in [2.24, 2.45) is 5.92 Å². The van der Waals surface area contributed by atoms with E-state index < -0.39 is 108 Å². The number of ether oxygens (including phenoxy) is 1. The number of esters is 1. The lowest BCUT2D eigenvalue weighted by atomic mass is 10.0. The lowest BCUT2D eigenvalue weighted by Gasteiger charge is -2.37. The molecule has 5 rings (SSSR count). The Morgan fingerprint density at radius 1 is 0.915 bits per heavy atom. The summed E-state index contributed by atoms with van der Waals surface area (Å²) in [6.07, 6.45) is -1.86. The number of hydrogen-bond acceptors (Lipinski definition) is 9. The molecule has 0 radical (unpaired) electrons. The summed E-state index contributed by atoms with van der Waals surface area (Å²) in [6, 6.07) is 1.88. The van der Waals surface area contributed by atoms with Crippen molar-refractivity contribution in [3.05, 3.63) is 70.8 Å². The fourth-order valence-electron chi connectivity index (χ4n) is 8.14. The molecule has 0 unspecified atom stereocenters. The highest BCUT2D eigenvalue weighted by Gasteiger charge is 2.47. The molecule has 2 aromatic carbocycles. The van der Waals surface area contributed by atoms with Gasteiger partial charge in [-0.25, -0.2) is 13.6 Å². The molecule has 3 aliphatic rings. The average Bonchev–Trinajstić information content (AvgIpc) is 3.82. The maximum atomic E-state index is 14.6. The molecule has 2 aromatic rings. The quantitative estimate of drug-likeness (QED) is 0.269. The molecular formula is C42H54F2N6O9. The Labute approximate surface area is 342 Å². The third kappa shape index (κ3) is 10.6. The van der Waals surface area contributed by atoms with Crippen molar-refractivity contribution in [2.45, 2.75) is 122 Å². The van der Waals surface area contributed by atoms with Gasteiger partial charge in [-0.15, -0.1) is 0 Å². The van der Waals surface area contributed by atoms with E-state index >= 15 is 0 Å². The zero-order valence-corrected chi connectivity index (χ0v) is 34.2. The number of aliphatic hydroxyl groups excluding tert-OH is 1. The minimum atomic E-state index is -1.67. The van der Waals surface area contributed by atoms with Gasteiger partial charge in [0, 0.05) is 32.6 Å². The number of aliphatic hydroxyl groups is 1. The molecule has 0 spiro atoms. The van der Waals surface area contributed by atoms with Crippen LogP contribution < -0.4 is 16.0 Å². The molecule has 4 N–H and O–H groups in total. The standard InChI is InChI=1S/C42H54F2N6O9/c1-7-26-10-12-27(13-11-26)19-34(52)46-31(18-28-16-29(43)20-30(44)17-28)37(53)47-35-25(5)59-42(58)33-15-22(2)21-50(33)39(55)23(3)45-38(54)36(24(4)51)48(6)40(56)32-9-8-14-49(32)41(35)57/h10-13,16-17,20,22-25,31-33,35-36,51H,7-9,14-15,18-19,21H2,1-6H3,(H,45,54)(H,46,52)(H,47,53)/t22-,23+,24+,25+,31+,32+,33+,35+,36+/m1/s1. The van der Waals surface area contributed by atoms with Crippen molar-refractivity contribution in [1.29, 1.82) is 0 Å². The number of carbonyl (C=O) groups excluding carboxylic acids is 7. The number of benzene rings is 2. The molecule has 3 saturated heterocycles. The third-order valence-corrected chi connectivity index (χ3v) is 11.3. The van der Waals surface area contributed by atoms with E-state index in [0.29, 0.717) is 18.1 Å². The molecule has 9 atom stereocenters. The van der Waals surface area contributed by atoms with E-state index in [-0.39, 0.29) is 43.8 Å². The van der Waals surface area contributed by atoms with E-state index in [4.69, 9.17) is 4.74 Å². The highest BCUT2D eigenvalue weighted by atomic mass is 19.1. The van der Waals surface area contributed by atoms with Gasteiger partial charge in [0.25, 0.3) is 0 Å². The first-order valence-corrected chi connectivity index (χ1v) is 20.1. The van der Waals surface area contributed by atoms with Crippen molar-refractivity contribution >= 4 is 41.4 Å². The van der Waals surface area contributed by atoms with Gasteiger partial charge in [0.1, 0.15) is 54.0 Å².